The van der Waals surface area contributed by atoms with E-state index in [1.807, 2.05) is 41.9 Å². The molecule has 4 heteroatoms. The number of pyridine rings is 1. The molecule has 2 aromatic heterocycles. The van der Waals surface area contributed by atoms with Crippen LogP contribution < -0.4 is 5.32 Å². The Morgan fingerprint density at radius 1 is 1.47 bits per heavy atom. The summed E-state index contributed by atoms with van der Waals surface area (Å²) in [6.45, 7) is 6.47. The van der Waals surface area contributed by atoms with Crippen LogP contribution in [-0.4, -0.2) is 28.6 Å². The lowest BCUT2D eigenvalue weighted by Crippen LogP contribution is -2.26. The summed E-state index contributed by atoms with van der Waals surface area (Å²) in [5.41, 5.74) is 2.04. The average Bonchev–Trinajstić information content (AvgIpc) is 2.71. The van der Waals surface area contributed by atoms with Gasteiger partial charge in [-0.1, -0.05) is 6.07 Å². The first kappa shape index (κ1) is 12.1. The molecular formula is C13H19N3O. The molecule has 0 radical (unpaired) electrons. The third-order valence-corrected chi connectivity index (χ3v) is 2.60. The van der Waals surface area contributed by atoms with E-state index in [0.717, 1.165) is 31.0 Å². The number of nitrogens with one attached hydrogen (secondary N) is 1. The Hall–Kier alpha value is -1.39. The lowest BCUT2D eigenvalue weighted by Gasteiger charge is -2.11. The van der Waals surface area contributed by atoms with Crippen LogP contribution in [0.1, 0.15) is 19.5 Å². The van der Waals surface area contributed by atoms with Gasteiger partial charge in [0.25, 0.3) is 0 Å². The Bertz CT molecular complexity index is 433. The van der Waals surface area contributed by atoms with E-state index >= 15 is 0 Å². The minimum absolute atomic E-state index is 0.247. The fourth-order valence-electron chi connectivity index (χ4n) is 1.82. The molecule has 4 nitrogen and oxygen atoms in total. The Morgan fingerprint density at radius 2 is 2.35 bits per heavy atom. The fourth-order valence-corrected chi connectivity index (χ4v) is 1.82. The Morgan fingerprint density at radius 3 is 3.12 bits per heavy atom. The first-order valence-electron chi connectivity index (χ1n) is 6.04. The van der Waals surface area contributed by atoms with Gasteiger partial charge in [-0.25, -0.2) is 4.98 Å². The first-order chi connectivity index (χ1) is 8.29. The van der Waals surface area contributed by atoms with Crippen molar-refractivity contribution in [3.05, 3.63) is 36.3 Å². The normalized spacial score (nSPS) is 13.1. The molecule has 2 heterocycles. The van der Waals surface area contributed by atoms with Gasteiger partial charge in [-0.05, 0) is 26.0 Å². The van der Waals surface area contributed by atoms with Crippen LogP contribution >= 0.6 is 0 Å². The zero-order valence-corrected chi connectivity index (χ0v) is 10.4. The lowest BCUT2D eigenvalue weighted by molar-refractivity contribution is 0.0759. The molecule has 0 saturated carbocycles. The van der Waals surface area contributed by atoms with Crippen LogP contribution in [0.25, 0.3) is 5.65 Å². The molecule has 1 unspecified atom stereocenters. The maximum absolute atomic E-state index is 5.45. The molecule has 2 rings (SSSR count). The third kappa shape index (κ3) is 3.28. The molecule has 0 aromatic carbocycles. The molecule has 0 spiro atoms. The summed E-state index contributed by atoms with van der Waals surface area (Å²) in [5.74, 6) is 0. The van der Waals surface area contributed by atoms with Crippen LogP contribution in [-0.2, 0) is 11.3 Å². The maximum Gasteiger partial charge on any atom is 0.137 e. The summed E-state index contributed by atoms with van der Waals surface area (Å²) in [7, 11) is 0. The fraction of sp³-hybridized carbons (Fsp3) is 0.462. The molecule has 0 amide bonds. The zero-order chi connectivity index (χ0) is 12.1. The largest absolute Gasteiger partial charge is 0.377 e. The molecule has 0 fully saturated rings. The van der Waals surface area contributed by atoms with E-state index in [0.29, 0.717) is 0 Å². The molecule has 0 aliphatic heterocycles. The number of nitrogens with zero attached hydrogens (tertiary/aromatic N) is 2. The van der Waals surface area contributed by atoms with E-state index < -0.39 is 0 Å². The van der Waals surface area contributed by atoms with Gasteiger partial charge in [0.15, 0.2) is 0 Å². The number of aromatic nitrogens is 2. The topological polar surface area (TPSA) is 38.6 Å². The minimum Gasteiger partial charge on any atom is -0.377 e. The Labute approximate surface area is 102 Å². The zero-order valence-electron chi connectivity index (χ0n) is 10.4. The highest BCUT2D eigenvalue weighted by molar-refractivity contribution is 5.39. The van der Waals surface area contributed by atoms with Gasteiger partial charge in [0, 0.05) is 32.1 Å². The van der Waals surface area contributed by atoms with Gasteiger partial charge in [-0.2, -0.15) is 0 Å². The van der Waals surface area contributed by atoms with Gasteiger partial charge in [-0.3, -0.25) is 0 Å². The van der Waals surface area contributed by atoms with Crippen LogP contribution in [0.5, 0.6) is 0 Å². The summed E-state index contributed by atoms with van der Waals surface area (Å²) < 4.78 is 7.48. The first-order valence-corrected chi connectivity index (χ1v) is 6.04. The molecule has 17 heavy (non-hydrogen) atoms. The van der Waals surface area contributed by atoms with Crippen molar-refractivity contribution in [2.45, 2.75) is 26.5 Å². The van der Waals surface area contributed by atoms with Gasteiger partial charge in [0.05, 0.1) is 11.8 Å². The van der Waals surface area contributed by atoms with Crippen LogP contribution in [0.15, 0.2) is 30.6 Å². The average molecular weight is 233 g/mol. The summed E-state index contributed by atoms with van der Waals surface area (Å²) in [6, 6.07) is 6.01. The third-order valence-electron chi connectivity index (χ3n) is 2.60. The van der Waals surface area contributed by atoms with Crippen LogP contribution in [0.3, 0.4) is 0 Å². The number of rotatable bonds is 6. The van der Waals surface area contributed by atoms with Gasteiger partial charge in [-0.15, -0.1) is 0 Å². The van der Waals surface area contributed by atoms with Crippen molar-refractivity contribution in [3.8, 4) is 0 Å². The lowest BCUT2D eigenvalue weighted by atomic mass is 10.4. The summed E-state index contributed by atoms with van der Waals surface area (Å²) in [5, 5.41) is 3.35. The molecule has 0 bridgehead atoms. The van der Waals surface area contributed by atoms with E-state index in [1.165, 1.54) is 0 Å². The second-order valence-electron chi connectivity index (χ2n) is 4.10. The Kier molecular flexibility index (Phi) is 4.12. The second kappa shape index (κ2) is 5.80. The van der Waals surface area contributed by atoms with Gasteiger partial charge in [0.1, 0.15) is 5.65 Å². The van der Waals surface area contributed by atoms with Crippen molar-refractivity contribution in [3.63, 3.8) is 0 Å². The molecule has 0 aliphatic rings. The molecule has 0 saturated heterocycles. The van der Waals surface area contributed by atoms with E-state index in [2.05, 4.69) is 17.2 Å². The molecule has 0 aliphatic carbocycles. The maximum atomic E-state index is 5.45. The summed E-state index contributed by atoms with van der Waals surface area (Å²) in [6.07, 6.45) is 4.31. The summed E-state index contributed by atoms with van der Waals surface area (Å²) >= 11 is 0. The van der Waals surface area contributed by atoms with E-state index in [4.69, 9.17) is 4.74 Å². The minimum atomic E-state index is 0.247. The van der Waals surface area contributed by atoms with Crippen LogP contribution in [0.4, 0.5) is 0 Å². The monoisotopic (exact) mass is 233 g/mol. The Balaban J connectivity index is 1.86. The number of hydrogen-bond donors (Lipinski definition) is 1. The molecular weight excluding hydrogens is 214 g/mol. The van der Waals surface area contributed by atoms with Crippen molar-refractivity contribution in [2.24, 2.45) is 0 Å². The standard InChI is InChI=1S/C13H19N3O/c1-3-17-11(2)8-14-9-12-10-16-7-5-4-6-13(16)15-12/h4-7,10-11,14H,3,8-9H2,1-2H3. The molecule has 92 valence electrons. The summed E-state index contributed by atoms with van der Waals surface area (Å²) in [4.78, 5) is 4.52. The number of hydrogen-bond acceptors (Lipinski definition) is 3. The molecule has 2 aromatic rings. The molecule has 1 atom stereocenters. The number of imidazole rings is 1. The van der Waals surface area contributed by atoms with Crippen LogP contribution in [0, 0.1) is 0 Å². The number of fused-ring (bicyclic) bond motifs is 1. The van der Waals surface area contributed by atoms with Crippen molar-refractivity contribution < 1.29 is 4.74 Å². The predicted octanol–water partition coefficient (Wildman–Crippen LogP) is 1.85. The SMILES string of the molecule is CCOC(C)CNCc1cn2ccccc2n1. The highest BCUT2D eigenvalue weighted by atomic mass is 16.5. The highest BCUT2D eigenvalue weighted by Crippen LogP contribution is 2.04. The van der Waals surface area contributed by atoms with Crippen molar-refractivity contribution in [2.75, 3.05) is 13.2 Å². The van der Waals surface area contributed by atoms with Crippen molar-refractivity contribution in [1.82, 2.24) is 14.7 Å². The van der Waals surface area contributed by atoms with Crippen molar-refractivity contribution >= 4 is 5.65 Å². The highest BCUT2D eigenvalue weighted by Gasteiger charge is 2.02. The van der Waals surface area contributed by atoms with Gasteiger partial charge < -0.3 is 14.5 Å². The quantitative estimate of drug-likeness (QED) is 0.827. The number of ether oxygens (including phenoxy) is 1. The van der Waals surface area contributed by atoms with Gasteiger partial charge >= 0.3 is 0 Å². The van der Waals surface area contributed by atoms with E-state index in [-0.39, 0.29) is 6.10 Å². The second-order valence-corrected chi connectivity index (χ2v) is 4.10. The molecule has 1 N–H and O–H groups in total. The van der Waals surface area contributed by atoms with Gasteiger partial charge in [0.2, 0.25) is 0 Å². The van der Waals surface area contributed by atoms with E-state index in [9.17, 15) is 0 Å². The van der Waals surface area contributed by atoms with E-state index in [1.54, 1.807) is 0 Å². The van der Waals surface area contributed by atoms with Crippen LogP contribution in [0.2, 0.25) is 0 Å². The van der Waals surface area contributed by atoms with Crippen molar-refractivity contribution in [1.29, 1.82) is 0 Å². The smallest absolute Gasteiger partial charge is 0.137 e. The predicted molar refractivity (Wildman–Crippen MR) is 68.0 cm³/mol.